The molecule has 16 N–H and O–H groups in total. The van der Waals surface area contributed by atoms with Crippen molar-refractivity contribution < 1.29 is 43.5 Å². The Kier molecular flexibility index (Phi) is 29.1. The molecule has 0 saturated heterocycles. The van der Waals surface area contributed by atoms with Crippen molar-refractivity contribution >= 4 is 47.3 Å². The summed E-state index contributed by atoms with van der Waals surface area (Å²) in [5, 5.41) is 29.3. The average molecular weight is 1060 g/mol. The molecule has 0 fully saturated rings. The van der Waals surface area contributed by atoms with Crippen LogP contribution in [0.1, 0.15) is 109 Å². The predicted molar refractivity (Wildman–Crippen MR) is 293 cm³/mol. The standard InChI is InChI=1S/C56H85N11O9/c1-36(2)32-47(66-50(69)42(60)35-40-22-12-7-13-23-40)54(73)64-44(26-17-30-58)52(71)65-46(56(75)76)24-14-15-31-61-51(70)43(25-16-29-57)63-55(74)48(33-37(3)4)67-53(72)45(28-27-38-18-8-5-9-19-38)62-49(68)41(59)34-39-20-10-6-11-21-39/h5-13,18-23,36-37,41-48H,14-17,24-35,57-60H2,1-4H3,(H,61,70)(H,62,68)(H,63,74)(H,64,73)(H,65,71)(H,66,69)(H,67,72)(H,75,76)/t41-,42-,43-,44-,45-,46-,47-,48-/m1/s1. The molecule has 20 heteroatoms. The average Bonchev–Trinajstić information content (AvgIpc) is 3.39. The molecule has 418 valence electrons. The highest BCUT2D eigenvalue weighted by molar-refractivity contribution is 5.96. The van der Waals surface area contributed by atoms with Crippen molar-refractivity contribution in [1.82, 2.24) is 37.2 Å². The van der Waals surface area contributed by atoms with Gasteiger partial charge in [0.2, 0.25) is 41.4 Å². The van der Waals surface area contributed by atoms with Gasteiger partial charge in [-0.25, -0.2) is 4.79 Å². The number of hydrogen-bond acceptors (Lipinski definition) is 12. The second kappa shape index (κ2) is 34.8. The number of hydrogen-bond donors (Lipinski definition) is 12. The van der Waals surface area contributed by atoms with Gasteiger partial charge < -0.3 is 65.3 Å². The van der Waals surface area contributed by atoms with Gasteiger partial charge in [0.15, 0.2) is 0 Å². The number of nitrogens with two attached hydrogens (primary N) is 4. The first kappa shape index (κ1) is 63.6. The van der Waals surface area contributed by atoms with Gasteiger partial charge in [-0.3, -0.25) is 33.6 Å². The van der Waals surface area contributed by atoms with Gasteiger partial charge in [0.05, 0.1) is 12.1 Å². The number of carboxylic acids is 1. The highest BCUT2D eigenvalue weighted by Gasteiger charge is 2.33. The van der Waals surface area contributed by atoms with Crippen molar-refractivity contribution in [3.63, 3.8) is 0 Å². The molecule has 8 atom stereocenters. The second-order valence-electron chi connectivity index (χ2n) is 20.2. The van der Waals surface area contributed by atoms with Gasteiger partial charge in [-0.1, -0.05) is 119 Å². The third-order valence-corrected chi connectivity index (χ3v) is 12.6. The zero-order valence-electron chi connectivity index (χ0n) is 44.8. The lowest BCUT2D eigenvalue weighted by Crippen LogP contribution is -2.58. The van der Waals surface area contributed by atoms with Gasteiger partial charge in [0.25, 0.3) is 0 Å². The molecule has 0 spiro atoms. The Morgan fingerprint density at radius 3 is 1.18 bits per heavy atom. The molecule has 76 heavy (non-hydrogen) atoms. The van der Waals surface area contributed by atoms with Gasteiger partial charge in [0, 0.05) is 6.54 Å². The molecule has 0 unspecified atom stereocenters. The van der Waals surface area contributed by atoms with Crippen LogP contribution in [0.3, 0.4) is 0 Å². The molecule has 0 heterocycles. The monoisotopic (exact) mass is 1060 g/mol. The molecule has 0 bridgehead atoms. The fourth-order valence-corrected chi connectivity index (χ4v) is 8.45. The number of carbonyl (C=O) groups is 8. The number of carbonyl (C=O) groups excluding carboxylic acids is 7. The van der Waals surface area contributed by atoms with Gasteiger partial charge in [-0.15, -0.1) is 0 Å². The summed E-state index contributed by atoms with van der Waals surface area (Å²) in [5.41, 5.74) is 26.7. The minimum absolute atomic E-state index is 0.0183. The van der Waals surface area contributed by atoms with Crippen LogP contribution in [0, 0.1) is 11.8 Å². The van der Waals surface area contributed by atoms with E-state index in [1.807, 2.05) is 119 Å². The van der Waals surface area contributed by atoms with Crippen LogP contribution in [0.15, 0.2) is 91.0 Å². The van der Waals surface area contributed by atoms with E-state index in [9.17, 15) is 43.5 Å². The first-order chi connectivity index (χ1) is 36.3. The summed E-state index contributed by atoms with van der Waals surface area (Å²) < 4.78 is 0. The number of benzene rings is 3. The molecule has 3 rings (SSSR count). The Labute approximate surface area is 448 Å². The molecule has 0 aliphatic heterocycles. The summed E-state index contributed by atoms with van der Waals surface area (Å²) >= 11 is 0. The number of aryl methyl sites for hydroxylation is 1. The van der Waals surface area contributed by atoms with Crippen LogP contribution in [0.4, 0.5) is 0 Å². The summed E-state index contributed by atoms with van der Waals surface area (Å²) in [7, 11) is 0. The van der Waals surface area contributed by atoms with Gasteiger partial charge >= 0.3 is 5.97 Å². The summed E-state index contributed by atoms with van der Waals surface area (Å²) in [6.45, 7) is 8.07. The van der Waals surface area contributed by atoms with E-state index in [0.717, 1.165) is 16.7 Å². The van der Waals surface area contributed by atoms with Crippen molar-refractivity contribution in [3.05, 3.63) is 108 Å². The molecule has 0 aliphatic rings. The van der Waals surface area contributed by atoms with Gasteiger partial charge in [-0.05, 0) is 125 Å². The fraction of sp³-hybridized carbons (Fsp3) is 0.536. The number of unbranched alkanes of at least 4 members (excludes halogenated alkanes) is 1. The molecule has 7 amide bonds. The lowest BCUT2D eigenvalue weighted by atomic mass is 10.00. The lowest BCUT2D eigenvalue weighted by molar-refractivity contribution is -0.142. The normalized spacial score (nSPS) is 14.4. The van der Waals surface area contributed by atoms with E-state index in [4.69, 9.17) is 22.9 Å². The van der Waals surface area contributed by atoms with Crippen molar-refractivity contribution in [3.8, 4) is 0 Å². The quantitative estimate of drug-likeness (QED) is 0.0369. The largest absolute Gasteiger partial charge is 0.480 e. The van der Waals surface area contributed by atoms with Gasteiger partial charge in [-0.2, -0.15) is 0 Å². The molecule has 0 radical (unpaired) electrons. The number of amides is 7. The maximum absolute atomic E-state index is 14.0. The summed E-state index contributed by atoms with van der Waals surface area (Å²) in [6, 6.07) is 19.4. The molecule has 0 aliphatic carbocycles. The summed E-state index contributed by atoms with van der Waals surface area (Å²) in [4.78, 5) is 108. The van der Waals surface area contributed by atoms with Crippen LogP contribution >= 0.6 is 0 Å². The Morgan fingerprint density at radius 2 is 0.763 bits per heavy atom. The molecular weight excluding hydrogens is 971 g/mol. The Bertz CT molecular complexity index is 2260. The molecule has 0 aromatic heterocycles. The van der Waals surface area contributed by atoms with Crippen LogP contribution in [0.5, 0.6) is 0 Å². The summed E-state index contributed by atoms with van der Waals surface area (Å²) in [6.07, 6.45) is 3.19. The van der Waals surface area contributed by atoms with Gasteiger partial charge in [0.1, 0.15) is 36.3 Å². The predicted octanol–water partition coefficient (Wildman–Crippen LogP) is 1.61. The van der Waals surface area contributed by atoms with Crippen LogP contribution < -0.4 is 60.2 Å². The van der Waals surface area contributed by atoms with Crippen molar-refractivity contribution in [2.75, 3.05) is 19.6 Å². The SMILES string of the molecule is CC(C)C[C@@H](NC(=O)[C@H](N)Cc1ccccc1)C(=O)N[C@H](CCCN)C(=O)N[C@H](CCCCNC(=O)[C@@H](CCCN)NC(=O)[C@@H](CC(C)C)NC(=O)[C@@H](CCc1ccccc1)NC(=O)[C@H](N)Cc1ccccc1)C(=O)O. The van der Waals surface area contributed by atoms with Crippen LogP contribution in [0.2, 0.25) is 0 Å². The molecule has 0 saturated carbocycles. The molecular formula is C56H85N11O9. The number of nitrogens with one attached hydrogen (secondary N) is 7. The zero-order valence-corrected chi connectivity index (χ0v) is 44.8. The molecule has 3 aromatic rings. The first-order valence-corrected chi connectivity index (χ1v) is 26.7. The van der Waals surface area contributed by atoms with Crippen LogP contribution in [-0.2, 0) is 57.6 Å². The van der Waals surface area contributed by atoms with E-state index in [1.54, 1.807) is 0 Å². The molecule has 20 nitrogen and oxygen atoms in total. The van der Waals surface area contributed by atoms with Crippen LogP contribution in [0.25, 0.3) is 0 Å². The van der Waals surface area contributed by atoms with E-state index >= 15 is 0 Å². The number of aliphatic carboxylic acids is 1. The topological polar surface area (TPSA) is 345 Å². The van der Waals surface area contributed by atoms with Crippen LogP contribution in [-0.4, -0.2) is 120 Å². The highest BCUT2D eigenvalue weighted by Crippen LogP contribution is 2.13. The lowest BCUT2D eigenvalue weighted by Gasteiger charge is -2.27. The minimum atomic E-state index is -1.34. The minimum Gasteiger partial charge on any atom is -0.480 e. The van der Waals surface area contributed by atoms with Crippen molar-refractivity contribution in [2.24, 2.45) is 34.8 Å². The van der Waals surface area contributed by atoms with E-state index in [0.29, 0.717) is 25.7 Å². The van der Waals surface area contributed by atoms with E-state index in [2.05, 4.69) is 37.2 Å². The third-order valence-electron chi connectivity index (χ3n) is 12.6. The fourth-order valence-electron chi connectivity index (χ4n) is 8.45. The smallest absolute Gasteiger partial charge is 0.326 e. The first-order valence-electron chi connectivity index (χ1n) is 26.7. The number of rotatable bonds is 36. The number of carboxylic acid groups (broad SMARTS) is 1. The second-order valence-corrected chi connectivity index (χ2v) is 20.2. The maximum Gasteiger partial charge on any atom is 0.326 e. The van der Waals surface area contributed by atoms with E-state index in [1.165, 1.54) is 0 Å². The van der Waals surface area contributed by atoms with Crippen molar-refractivity contribution in [1.29, 1.82) is 0 Å². The van der Waals surface area contributed by atoms with E-state index in [-0.39, 0.29) is 89.3 Å². The van der Waals surface area contributed by atoms with Crippen molar-refractivity contribution in [2.45, 2.75) is 160 Å². The maximum atomic E-state index is 14.0. The Balaban J connectivity index is 1.62. The Hall–Kier alpha value is -6.74. The third kappa shape index (κ3) is 24.3. The zero-order chi connectivity index (χ0) is 56.0. The molecule has 3 aromatic carbocycles. The van der Waals surface area contributed by atoms with E-state index < -0.39 is 95.7 Å². The highest BCUT2D eigenvalue weighted by atomic mass is 16.4. The summed E-state index contributed by atoms with van der Waals surface area (Å²) in [5.74, 6) is -5.50. The Morgan fingerprint density at radius 1 is 0.421 bits per heavy atom.